The predicted octanol–water partition coefficient (Wildman–Crippen LogP) is 2.49. The average Bonchev–Trinajstić information content (AvgIpc) is 2.90. The highest BCUT2D eigenvalue weighted by molar-refractivity contribution is 7.90. The number of aromatic nitrogens is 1. The first-order valence-electron chi connectivity index (χ1n) is 7.54. The number of benzene rings is 1. The highest BCUT2D eigenvalue weighted by Gasteiger charge is 2.27. The zero-order valence-electron chi connectivity index (χ0n) is 14.6. The lowest BCUT2D eigenvalue weighted by Gasteiger charge is -2.15. The summed E-state index contributed by atoms with van der Waals surface area (Å²) in [5.41, 5.74) is 0.545. The van der Waals surface area contributed by atoms with Crippen LogP contribution in [0.2, 0.25) is 0 Å². The molecule has 0 aliphatic carbocycles. The van der Waals surface area contributed by atoms with Crippen LogP contribution in [-0.4, -0.2) is 37.7 Å². The largest absolute Gasteiger partial charge is 0.459 e. The van der Waals surface area contributed by atoms with E-state index in [2.05, 4.69) is 5.16 Å². The van der Waals surface area contributed by atoms with E-state index in [1.165, 1.54) is 25.3 Å². The normalized spacial score (nSPS) is 11.6. The SMILES string of the molecule is Cc1oncc1C(=O)c1ccc(S(C)(=O)=O)c(C(=O)OC(C)C)c1C. The van der Waals surface area contributed by atoms with Crippen LogP contribution in [-0.2, 0) is 14.6 Å². The Labute approximate surface area is 145 Å². The second-order valence-electron chi connectivity index (χ2n) is 5.96. The molecule has 25 heavy (non-hydrogen) atoms. The lowest BCUT2D eigenvalue weighted by atomic mass is 9.96. The van der Waals surface area contributed by atoms with Gasteiger partial charge >= 0.3 is 5.97 Å². The molecule has 0 saturated heterocycles. The molecule has 1 heterocycles. The van der Waals surface area contributed by atoms with Gasteiger partial charge in [-0.3, -0.25) is 4.79 Å². The van der Waals surface area contributed by atoms with E-state index in [1.54, 1.807) is 20.8 Å². The number of rotatable bonds is 5. The Morgan fingerprint density at radius 2 is 1.80 bits per heavy atom. The van der Waals surface area contributed by atoms with Crippen molar-refractivity contribution in [3.63, 3.8) is 0 Å². The van der Waals surface area contributed by atoms with Gasteiger partial charge in [-0.1, -0.05) is 5.16 Å². The van der Waals surface area contributed by atoms with Crippen molar-refractivity contribution in [3.05, 3.63) is 46.3 Å². The van der Waals surface area contributed by atoms with Gasteiger partial charge in [-0.25, -0.2) is 13.2 Å². The van der Waals surface area contributed by atoms with Gasteiger partial charge in [0.15, 0.2) is 15.6 Å². The Hall–Kier alpha value is -2.48. The van der Waals surface area contributed by atoms with E-state index >= 15 is 0 Å². The Kier molecular flexibility index (Phi) is 5.12. The molecule has 0 spiro atoms. The molecule has 0 N–H and O–H groups in total. The van der Waals surface area contributed by atoms with Crippen LogP contribution in [0.1, 0.15) is 51.5 Å². The maximum Gasteiger partial charge on any atom is 0.340 e. The fourth-order valence-corrected chi connectivity index (χ4v) is 3.35. The van der Waals surface area contributed by atoms with E-state index in [1.807, 2.05) is 0 Å². The summed E-state index contributed by atoms with van der Waals surface area (Å²) in [5.74, 6) is -0.859. The zero-order chi connectivity index (χ0) is 18.9. The van der Waals surface area contributed by atoms with Crippen molar-refractivity contribution in [2.24, 2.45) is 0 Å². The first kappa shape index (κ1) is 18.9. The van der Waals surface area contributed by atoms with Gasteiger partial charge in [-0.05, 0) is 45.4 Å². The lowest BCUT2D eigenvalue weighted by molar-refractivity contribution is 0.0372. The van der Waals surface area contributed by atoms with E-state index in [4.69, 9.17) is 9.26 Å². The molecule has 2 aromatic rings. The number of nitrogens with zero attached hydrogens (tertiary/aromatic N) is 1. The topological polar surface area (TPSA) is 104 Å². The quantitative estimate of drug-likeness (QED) is 0.592. The maximum atomic E-state index is 12.7. The van der Waals surface area contributed by atoms with E-state index < -0.39 is 27.7 Å². The summed E-state index contributed by atoms with van der Waals surface area (Å²) in [6.07, 6.45) is 1.85. The fraction of sp³-hybridized carbons (Fsp3) is 0.353. The number of hydrogen-bond donors (Lipinski definition) is 0. The summed E-state index contributed by atoms with van der Waals surface area (Å²) in [7, 11) is -3.68. The number of esters is 1. The average molecular weight is 365 g/mol. The van der Waals surface area contributed by atoms with Gasteiger partial charge in [0.1, 0.15) is 5.76 Å². The van der Waals surface area contributed by atoms with Crippen LogP contribution >= 0.6 is 0 Å². The van der Waals surface area contributed by atoms with Crippen LogP contribution in [0.3, 0.4) is 0 Å². The Balaban J connectivity index is 2.68. The molecule has 0 fully saturated rings. The van der Waals surface area contributed by atoms with E-state index in [9.17, 15) is 18.0 Å². The Morgan fingerprint density at radius 3 is 2.28 bits per heavy atom. The van der Waals surface area contributed by atoms with Gasteiger partial charge in [-0.2, -0.15) is 0 Å². The summed E-state index contributed by atoms with van der Waals surface area (Å²) < 4.78 is 34.1. The molecule has 0 bridgehead atoms. The van der Waals surface area contributed by atoms with Gasteiger partial charge in [0.2, 0.25) is 0 Å². The molecule has 0 atom stereocenters. The number of sulfone groups is 1. The molecular formula is C17H19NO6S. The van der Waals surface area contributed by atoms with Gasteiger partial charge in [0, 0.05) is 11.8 Å². The van der Waals surface area contributed by atoms with Gasteiger partial charge < -0.3 is 9.26 Å². The van der Waals surface area contributed by atoms with Gasteiger partial charge in [0.25, 0.3) is 0 Å². The molecule has 0 unspecified atom stereocenters. The minimum Gasteiger partial charge on any atom is -0.459 e. The zero-order valence-corrected chi connectivity index (χ0v) is 15.4. The first-order valence-corrected chi connectivity index (χ1v) is 9.43. The van der Waals surface area contributed by atoms with Crippen molar-refractivity contribution in [2.75, 3.05) is 6.26 Å². The van der Waals surface area contributed by atoms with Crippen molar-refractivity contribution in [3.8, 4) is 0 Å². The third kappa shape index (κ3) is 3.79. The number of aryl methyl sites for hydroxylation is 1. The van der Waals surface area contributed by atoms with Crippen molar-refractivity contribution in [1.29, 1.82) is 0 Å². The Bertz CT molecular complexity index is 940. The summed E-state index contributed by atoms with van der Waals surface area (Å²) in [6, 6.07) is 2.63. The van der Waals surface area contributed by atoms with E-state index in [0.717, 1.165) is 6.26 Å². The van der Waals surface area contributed by atoms with E-state index in [-0.39, 0.29) is 27.1 Å². The number of hydrogen-bond acceptors (Lipinski definition) is 7. The molecule has 0 amide bonds. The smallest absolute Gasteiger partial charge is 0.340 e. The number of carbonyl (C=O) groups is 2. The molecule has 2 rings (SSSR count). The first-order chi connectivity index (χ1) is 11.5. The van der Waals surface area contributed by atoms with Crippen LogP contribution in [0.15, 0.2) is 27.7 Å². The standard InChI is InChI=1S/C17H19NO6S/c1-9(2)23-17(20)15-10(3)12(6-7-14(15)25(5,21)22)16(19)13-8-18-24-11(13)4/h6-9H,1-5H3. The van der Waals surface area contributed by atoms with Crippen molar-refractivity contribution in [2.45, 2.75) is 38.7 Å². The number of ether oxygens (including phenoxy) is 1. The highest BCUT2D eigenvalue weighted by Crippen LogP contribution is 2.26. The van der Waals surface area contributed by atoms with Crippen LogP contribution < -0.4 is 0 Å². The van der Waals surface area contributed by atoms with Gasteiger partial charge in [-0.15, -0.1) is 0 Å². The fourth-order valence-electron chi connectivity index (χ4n) is 2.43. The third-order valence-electron chi connectivity index (χ3n) is 3.61. The van der Waals surface area contributed by atoms with Crippen LogP contribution in [0.25, 0.3) is 0 Å². The van der Waals surface area contributed by atoms with Gasteiger partial charge in [0.05, 0.1) is 28.3 Å². The highest BCUT2D eigenvalue weighted by atomic mass is 32.2. The molecule has 1 aromatic carbocycles. The van der Waals surface area contributed by atoms with Crippen LogP contribution in [0.5, 0.6) is 0 Å². The lowest BCUT2D eigenvalue weighted by Crippen LogP contribution is -2.19. The summed E-state index contributed by atoms with van der Waals surface area (Å²) >= 11 is 0. The summed E-state index contributed by atoms with van der Waals surface area (Å²) in [4.78, 5) is 25.0. The molecule has 1 aromatic heterocycles. The van der Waals surface area contributed by atoms with E-state index in [0.29, 0.717) is 5.76 Å². The van der Waals surface area contributed by atoms with Crippen molar-refractivity contribution >= 4 is 21.6 Å². The monoisotopic (exact) mass is 365 g/mol. The minimum absolute atomic E-state index is 0.129. The maximum absolute atomic E-state index is 12.7. The molecule has 8 heteroatoms. The number of carbonyl (C=O) groups excluding carboxylic acids is 2. The second kappa shape index (κ2) is 6.79. The predicted molar refractivity (Wildman–Crippen MR) is 89.5 cm³/mol. The van der Waals surface area contributed by atoms with Crippen LogP contribution in [0.4, 0.5) is 0 Å². The third-order valence-corrected chi connectivity index (χ3v) is 4.75. The number of ketones is 1. The molecule has 7 nitrogen and oxygen atoms in total. The molecular weight excluding hydrogens is 346 g/mol. The molecule has 134 valence electrons. The van der Waals surface area contributed by atoms with Crippen molar-refractivity contribution < 1.29 is 27.3 Å². The summed E-state index contributed by atoms with van der Waals surface area (Å²) in [6.45, 7) is 6.42. The van der Waals surface area contributed by atoms with Crippen LogP contribution in [0, 0.1) is 13.8 Å². The minimum atomic E-state index is -3.68. The molecule has 0 aliphatic rings. The summed E-state index contributed by atoms with van der Waals surface area (Å²) in [5, 5.41) is 3.57. The second-order valence-corrected chi connectivity index (χ2v) is 7.95. The van der Waals surface area contributed by atoms with Crippen molar-refractivity contribution in [1.82, 2.24) is 5.16 Å². The Morgan fingerprint density at radius 1 is 1.16 bits per heavy atom. The molecule has 0 radical (unpaired) electrons. The molecule has 0 aliphatic heterocycles. The molecule has 0 saturated carbocycles.